The minimum atomic E-state index is -0.186. The maximum atomic E-state index is 13.1. The number of halogens is 2. The average molecular weight is 361 g/mol. The van der Waals surface area contributed by atoms with Crippen molar-refractivity contribution in [2.75, 3.05) is 7.05 Å². The maximum absolute atomic E-state index is 13.1. The molecule has 0 aliphatic heterocycles. The first kappa shape index (κ1) is 13.0. The van der Waals surface area contributed by atoms with Crippen LogP contribution in [-0.2, 0) is 0 Å². The topological polar surface area (TPSA) is 12.0 Å². The third kappa shape index (κ3) is 2.86. The van der Waals surface area contributed by atoms with Gasteiger partial charge in [0.15, 0.2) is 0 Å². The van der Waals surface area contributed by atoms with Gasteiger partial charge in [-0.1, -0.05) is 6.07 Å². The molecule has 0 bridgehead atoms. The number of hydrogen-bond donors (Lipinski definition) is 1. The summed E-state index contributed by atoms with van der Waals surface area (Å²) in [6.45, 7) is 2.09. The van der Waals surface area contributed by atoms with Crippen molar-refractivity contribution in [2.45, 2.75) is 13.0 Å². The van der Waals surface area contributed by atoms with Crippen molar-refractivity contribution in [2.24, 2.45) is 0 Å². The minimum Gasteiger partial charge on any atom is -0.309 e. The first-order chi connectivity index (χ1) is 8.11. The summed E-state index contributed by atoms with van der Waals surface area (Å²) in [5.74, 6) is -0.186. The quantitative estimate of drug-likeness (QED) is 0.812. The molecule has 1 N–H and O–H groups in total. The van der Waals surface area contributed by atoms with Gasteiger partial charge in [0.1, 0.15) is 5.82 Å². The van der Waals surface area contributed by atoms with Crippen molar-refractivity contribution in [3.05, 3.63) is 55.0 Å². The van der Waals surface area contributed by atoms with Crippen LogP contribution < -0.4 is 5.32 Å². The summed E-state index contributed by atoms with van der Waals surface area (Å²) >= 11 is 3.92. The number of nitrogens with one attached hydrogen (secondary N) is 1. The monoisotopic (exact) mass is 361 g/mol. The molecule has 0 amide bonds. The Morgan fingerprint density at radius 2 is 2.12 bits per heavy atom. The summed E-state index contributed by atoms with van der Waals surface area (Å²) in [5.41, 5.74) is 2.35. The summed E-state index contributed by atoms with van der Waals surface area (Å²) < 4.78 is 14.0. The van der Waals surface area contributed by atoms with Crippen LogP contribution in [0.15, 0.2) is 29.6 Å². The van der Waals surface area contributed by atoms with Gasteiger partial charge in [-0.3, -0.25) is 0 Å². The zero-order valence-corrected chi connectivity index (χ0v) is 12.6. The molecule has 0 aliphatic carbocycles. The fraction of sp³-hybridized carbons (Fsp3) is 0.231. The summed E-state index contributed by atoms with van der Waals surface area (Å²) in [4.78, 5) is 1.29. The Kier molecular flexibility index (Phi) is 4.17. The maximum Gasteiger partial charge on any atom is 0.124 e. The average Bonchev–Trinajstić information content (AvgIpc) is 2.69. The number of aryl methyl sites for hydroxylation is 1. The molecule has 0 radical (unpaired) electrons. The molecular formula is C13H13FINS. The van der Waals surface area contributed by atoms with Gasteiger partial charge in [-0.25, -0.2) is 4.39 Å². The second kappa shape index (κ2) is 5.46. The van der Waals surface area contributed by atoms with Crippen LogP contribution in [0.4, 0.5) is 4.39 Å². The van der Waals surface area contributed by atoms with E-state index in [2.05, 4.69) is 46.3 Å². The SMILES string of the molecule is CNC(c1csc(C)c1)c1ccc(F)cc1I. The number of benzene rings is 1. The highest BCUT2D eigenvalue weighted by Gasteiger charge is 2.16. The highest BCUT2D eigenvalue weighted by molar-refractivity contribution is 14.1. The summed E-state index contributed by atoms with van der Waals surface area (Å²) in [7, 11) is 1.93. The van der Waals surface area contributed by atoms with Crippen LogP contribution in [0.2, 0.25) is 0 Å². The highest BCUT2D eigenvalue weighted by atomic mass is 127. The van der Waals surface area contributed by atoms with E-state index < -0.39 is 0 Å². The second-order valence-electron chi connectivity index (χ2n) is 3.88. The molecule has 1 aromatic heterocycles. The number of thiophene rings is 1. The molecule has 2 aromatic rings. The lowest BCUT2D eigenvalue weighted by Gasteiger charge is -2.17. The Balaban J connectivity index is 2.42. The standard InChI is InChI=1S/C13H13FINS/c1-8-5-9(7-17-8)13(16-2)11-4-3-10(14)6-12(11)15/h3-7,13,16H,1-2H3. The molecule has 1 unspecified atom stereocenters. The van der Waals surface area contributed by atoms with Gasteiger partial charge in [-0.2, -0.15) is 0 Å². The van der Waals surface area contributed by atoms with Gasteiger partial charge in [0.25, 0.3) is 0 Å². The van der Waals surface area contributed by atoms with Gasteiger partial charge in [0.05, 0.1) is 6.04 Å². The number of rotatable bonds is 3. The van der Waals surface area contributed by atoms with Gasteiger partial charge >= 0.3 is 0 Å². The third-order valence-electron chi connectivity index (χ3n) is 2.65. The van der Waals surface area contributed by atoms with Gasteiger partial charge in [-0.15, -0.1) is 11.3 Å². The molecule has 1 atom stereocenters. The fourth-order valence-electron chi connectivity index (χ4n) is 1.85. The summed E-state index contributed by atoms with van der Waals surface area (Å²) in [6.07, 6.45) is 0. The Bertz CT molecular complexity index is 524. The summed E-state index contributed by atoms with van der Waals surface area (Å²) in [5, 5.41) is 5.44. The molecule has 1 nitrogen and oxygen atoms in total. The predicted octanol–water partition coefficient (Wildman–Crippen LogP) is 4.11. The van der Waals surface area contributed by atoms with Gasteiger partial charge < -0.3 is 5.32 Å². The van der Waals surface area contributed by atoms with E-state index in [9.17, 15) is 4.39 Å². The molecule has 1 heterocycles. The van der Waals surface area contributed by atoms with Crippen molar-refractivity contribution < 1.29 is 4.39 Å². The van der Waals surface area contributed by atoms with Crippen molar-refractivity contribution in [1.82, 2.24) is 5.32 Å². The molecule has 2 rings (SSSR count). The number of hydrogen-bond acceptors (Lipinski definition) is 2. The van der Waals surface area contributed by atoms with Gasteiger partial charge in [0.2, 0.25) is 0 Å². The van der Waals surface area contributed by atoms with Crippen LogP contribution in [0.3, 0.4) is 0 Å². The second-order valence-corrected chi connectivity index (χ2v) is 6.16. The zero-order chi connectivity index (χ0) is 12.4. The fourth-order valence-corrected chi connectivity index (χ4v) is 3.37. The molecule has 0 spiro atoms. The van der Waals surface area contributed by atoms with Crippen molar-refractivity contribution in [3.8, 4) is 0 Å². The van der Waals surface area contributed by atoms with E-state index in [1.807, 2.05) is 13.1 Å². The third-order valence-corrected chi connectivity index (χ3v) is 4.46. The van der Waals surface area contributed by atoms with E-state index in [-0.39, 0.29) is 11.9 Å². The zero-order valence-electron chi connectivity index (χ0n) is 9.63. The van der Waals surface area contributed by atoms with Crippen LogP contribution in [-0.4, -0.2) is 7.05 Å². The Morgan fingerprint density at radius 3 is 2.65 bits per heavy atom. The van der Waals surface area contributed by atoms with E-state index in [0.717, 1.165) is 9.13 Å². The molecule has 4 heteroatoms. The minimum absolute atomic E-state index is 0.132. The first-order valence-corrected chi connectivity index (χ1v) is 7.25. The molecule has 0 saturated carbocycles. The van der Waals surface area contributed by atoms with Crippen molar-refractivity contribution in [1.29, 1.82) is 0 Å². The lowest BCUT2D eigenvalue weighted by Crippen LogP contribution is -2.18. The largest absolute Gasteiger partial charge is 0.309 e. The van der Waals surface area contributed by atoms with Crippen molar-refractivity contribution >= 4 is 33.9 Å². The lowest BCUT2D eigenvalue weighted by molar-refractivity contribution is 0.621. The predicted molar refractivity (Wildman–Crippen MR) is 79.1 cm³/mol. The first-order valence-electron chi connectivity index (χ1n) is 5.29. The van der Waals surface area contributed by atoms with Crippen LogP contribution in [0.1, 0.15) is 22.0 Å². The molecule has 1 aromatic carbocycles. The smallest absolute Gasteiger partial charge is 0.124 e. The van der Waals surface area contributed by atoms with E-state index in [1.54, 1.807) is 17.4 Å². The normalized spacial score (nSPS) is 12.7. The van der Waals surface area contributed by atoms with E-state index in [4.69, 9.17) is 0 Å². The Hall–Kier alpha value is -0.460. The van der Waals surface area contributed by atoms with Crippen LogP contribution in [0, 0.1) is 16.3 Å². The Morgan fingerprint density at radius 1 is 1.35 bits per heavy atom. The molecule has 0 fully saturated rings. The molecular weight excluding hydrogens is 348 g/mol. The van der Waals surface area contributed by atoms with Crippen LogP contribution in [0.5, 0.6) is 0 Å². The lowest BCUT2D eigenvalue weighted by atomic mass is 10.0. The molecule has 90 valence electrons. The van der Waals surface area contributed by atoms with Gasteiger partial charge in [0, 0.05) is 8.45 Å². The van der Waals surface area contributed by atoms with E-state index in [0.29, 0.717) is 0 Å². The van der Waals surface area contributed by atoms with Crippen LogP contribution >= 0.6 is 33.9 Å². The van der Waals surface area contributed by atoms with Crippen molar-refractivity contribution in [3.63, 3.8) is 0 Å². The Labute approximate surface area is 118 Å². The highest BCUT2D eigenvalue weighted by Crippen LogP contribution is 2.29. The molecule has 0 saturated heterocycles. The van der Waals surface area contributed by atoms with E-state index in [1.165, 1.54) is 16.5 Å². The molecule has 17 heavy (non-hydrogen) atoms. The summed E-state index contributed by atoms with van der Waals surface area (Å²) in [6, 6.07) is 7.24. The molecule has 0 aliphatic rings. The van der Waals surface area contributed by atoms with Crippen LogP contribution in [0.25, 0.3) is 0 Å². The van der Waals surface area contributed by atoms with E-state index >= 15 is 0 Å². The van der Waals surface area contributed by atoms with Gasteiger partial charge in [-0.05, 0) is 71.3 Å².